The van der Waals surface area contributed by atoms with Gasteiger partial charge in [0.2, 0.25) is 10.0 Å². The molecular formula is C12H21N3O3S. The molecule has 0 amide bonds. The molecule has 0 aliphatic rings. The van der Waals surface area contributed by atoms with Gasteiger partial charge in [-0.15, -0.1) is 0 Å². The minimum atomic E-state index is -3.74. The Morgan fingerprint density at radius 3 is 2.47 bits per heavy atom. The van der Waals surface area contributed by atoms with Crippen molar-refractivity contribution < 1.29 is 13.2 Å². The molecule has 108 valence electrons. The molecule has 0 aliphatic heterocycles. The Labute approximate surface area is 114 Å². The molecule has 0 aromatic heterocycles. The van der Waals surface area contributed by atoms with Gasteiger partial charge in [-0.2, -0.15) is 0 Å². The van der Waals surface area contributed by atoms with E-state index in [1.165, 1.54) is 12.1 Å². The SMILES string of the molecule is COCCN(c1cc(S(N)(=O)=O)ccc1N)C(C)C. The summed E-state index contributed by atoms with van der Waals surface area (Å²) >= 11 is 0. The van der Waals surface area contributed by atoms with Gasteiger partial charge in [-0.3, -0.25) is 0 Å². The molecule has 6 nitrogen and oxygen atoms in total. The van der Waals surface area contributed by atoms with Gasteiger partial charge in [-0.25, -0.2) is 13.6 Å². The zero-order valence-electron chi connectivity index (χ0n) is 11.5. The van der Waals surface area contributed by atoms with Gasteiger partial charge >= 0.3 is 0 Å². The molecule has 0 saturated carbocycles. The summed E-state index contributed by atoms with van der Waals surface area (Å²) in [5.41, 5.74) is 7.09. The zero-order chi connectivity index (χ0) is 14.6. The van der Waals surface area contributed by atoms with Crippen LogP contribution in [0.3, 0.4) is 0 Å². The van der Waals surface area contributed by atoms with Gasteiger partial charge in [0.1, 0.15) is 0 Å². The first kappa shape index (κ1) is 15.7. The van der Waals surface area contributed by atoms with Crippen molar-refractivity contribution in [3.8, 4) is 0 Å². The van der Waals surface area contributed by atoms with Gasteiger partial charge < -0.3 is 15.4 Å². The monoisotopic (exact) mass is 287 g/mol. The number of hydrogen-bond donors (Lipinski definition) is 2. The molecule has 0 spiro atoms. The van der Waals surface area contributed by atoms with Gasteiger partial charge in [0, 0.05) is 19.7 Å². The highest BCUT2D eigenvalue weighted by atomic mass is 32.2. The number of hydrogen-bond acceptors (Lipinski definition) is 5. The Morgan fingerprint density at radius 1 is 1.37 bits per heavy atom. The first-order valence-corrected chi connectivity index (χ1v) is 7.50. The fourth-order valence-corrected chi connectivity index (χ4v) is 2.33. The third-order valence-electron chi connectivity index (χ3n) is 2.80. The van der Waals surface area contributed by atoms with Crippen LogP contribution in [-0.4, -0.2) is 34.7 Å². The van der Waals surface area contributed by atoms with Crippen molar-refractivity contribution in [3.63, 3.8) is 0 Å². The molecule has 0 fully saturated rings. The number of benzene rings is 1. The van der Waals surface area contributed by atoms with Crippen molar-refractivity contribution in [2.75, 3.05) is 30.9 Å². The molecular weight excluding hydrogens is 266 g/mol. The summed E-state index contributed by atoms with van der Waals surface area (Å²) in [6, 6.07) is 4.62. The Balaban J connectivity index is 3.22. The van der Waals surface area contributed by atoms with Crippen molar-refractivity contribution in [2.45, 2.75) is 24.8 Å². The zero-order valence-corrected chi connectivity index (χ0v) is 12.3. The van der Waals surface area contributed by atoms with Crippen molar-refractivity contribution in [3.05, 3.63) is 18.2 Å². The average molecular weight is 287 g/mol. The van der Waals surface area contributed by atoms with E-state index in [1.54, 1.807) is 13.2 Å². The Kier molecular flexibility index (Phi) is 5.16. The largest absolute Gasteiger partial charge is 0.397 e. The summed E-state index contributed by atoms with van der Waals surface area (Å²) < 4.78 is 27.8. The highest BCUT2D eigenvalue weighted by Gasteiger charge is 2.17. The number of primary sulfonamides is 1. The number of nitrogen functional groups attached to an aromatic ring is 1. The van der Waals surface area contributed by atoms with Crippen LogP contribution in [0.15, 0.2) is 23.1 Å². The first-order valence-electron chi connectivity index (χ1n) is 5.95. The lowest BCUT2D eigenvalue weighted by atomic mass is 10.2. The highest BCUT2D eigenvalue weighted by Crippen LogP contribution is 2.27. The van der Waals surface area contributed by atoms with E-state index in [0.29, 0.717) is 24.5 Å². The third-order valence-corrected chi connectivity index (χ3v) is 3.71. The number of rotatable bonds is 6. The lowest BCUT2D eigenvalue weighted by Crippen LogP contribution is -2.34. The van der Waals surface area contributed by atoms with Crippen LogP contribution in [-0.2, 0) is 14.8 Å². The molecule has 1 rings (SSSR count). The Hall–Kier alpha value is -1.31. The number of ether oxygens (including phenoxy) is 1. The molecule has 4 N–H and O–H groups in total. The predicted molar refractivity (Wildman–Crippen MR) is 76.6 cm³/mol. The van der Waals surface area contributed by atoms with Crippen LogP contribution in [0.2, 0.25) is 0 Å². The second kappa shape index (κ2) is 6.23. The summed E-state index contributed by atoms with van der Waals surface area (Å²) in [7, 11) is -2.12. The van der Waals surface area contributed by atoms with E-state index >= 15 is 0 Å². The van der Waals surface area contributed by atoms with Crippen LogP contribution in [0.4, 0.5) is 11.4 Å². The molecule has 0 aliphatic carbocycles. The summed E-state index contributed by atoms with van der Waals surface area (Å²) in [5, 5.41) is 5.14. The van der Waals surface area contributed by atoms with Gasteiger partial charge in [0.05, 0.1) is 22.9 Å². The van der Waals surface area contributed by atoms with Gasteiger partial charge in [-0.05, 0) is 32.0 Å². The van der Waals surface area contributed by atoms with Crippen LogP contribution < -0.4 is 15.8 Å². The van der Waals surface area contributed by atoms with Crippen LogP contribution in [0.1, 0.15) is 13.8 Å². The normalized spacial score (nSPS) is 11.8. The van der Waals surface area contributed by atoms with E-state index in [-0.39, 0.29) is 10.9 Å². The maximum Gasteiger partial charge on any atom is 0.238 e. The number of nitrogens with zero attached hydrogens (tertiary/aromatic N) is 1. The van der Waals surface area contributed by atoms with Crippen LogP contribution >= 0.6 is 0 Å². The second-order valence-electron chi connectivity index (χ2n) is 4.55. The van der Waals surface area contributed by atoms with Gasteiger partial charge in [0.25, 0.3) is 0 Å². The summed E-state index contributed by atoms with van der Waals surface area (Å²) in [6.07, 6.45) is 0. The molecule has 0 bridgehead atoms. The van der Waals surface area contributed by atoms with Crippen LogP contribution in [0, 0.1) is 0 Å². The molecule has 0 heterocycles. The van der Waals surface area contributed by atoms with Crippen LogP contribution in [0.5, 0.6) is 0 Å². The number of methoxy groups -OCH3 is 1. The maximum absolute atomic E-state index is 11.4. The van der Waals surface area contributed by atoms with E-state index in [9.17, 15) is 8.42 Å². The summed E-state index contributed by atoms with van der Waals surface area (Å²) in [6.45, 7) is 5.14. The van der Waals surface area contributed by atoms with E-state index < -0.39 is 10.0 Å². The summed E-state index contributed by atoms with van der Waals surface area (Å²) in [5.74, 6) is 0. The molecule has 0 saturated heterocycles. The fourth-order valence-electron chi connectivity index (χ4n) is 1.80. The van der Waals surface area contributed by atoms with Crippen molar-refractivity contribution >= 4 is 21.4 Å². The molecule has 1 aromatic carbocycles. The van der Waals surface area contributed by atoms with E-state index in [1.807, 2.05) is 18.7 Å². The van der Waals surface area contributed by atoms with Crippen LogP contribution in [0.25, 0.3) is 0 Å². The molecule has 0 radical (unpaired) electrons. The lowest BCUT2D eigenvalue weighted by Gasteiger charge is -2.30. The molecule has 0 atom stereocenters. The van der Waals surface area contributed by atoms with Crippen molar-refractivity contribution in [1.82, 2.24) is 0 Å². The topological polar surface area (TPSA) is 98.6 Å². The Bertz CT molecular complexity index is 529. The number of nitrogens with two attached hydrogens (primary N) is 2. The van der Waals surface area contributed by atoms with Gasteiger partial charge in [0.15, 0.2) is 0 Å². The first-order chi connectivity index (χ1) is 8.77. The standard InChI is InChI=1S/C12H21N3O3S/c1-9(2)15(6-7-18-3)12-8-10(19(14,16)17)4-5-11(12)13/h4-5,8-9H,6-7,13H2,1-3H3,(H2,14,16,17). The fraction of sp³-hybridized carbons (Fsp3) is 0.500. The molecule has 19 heavy (non-hydrogen) atoms. The van der Waals surface area contributed by atoms with Crippen molar-refractivity contribution in [1.29, 1.82) is 0 Å². The quantitative estimate of drug-likeness (QED) is 0.753. The molecule has 1 aromatic rings. The minimum absolute atomic E-state index is 0.0553. The van der Waals surface area contributed by atoms with E-state index in [0.717, 1.165) is 0 Å². The molecule has 0 unspecified atom stereocenters. The van der Waals surface area contributed by atoms with Gasteiger partial charge in [-0.1, -0.05) is 0 Å². The second-order valence-corrected chi connectivity index (χ2v) is 6.11. The number of sulfonamides is 1. The van der Waals surface area contributed by atoms with E-state index in [4.69, 9.17) is 15.6 Å². The Morgan fingerprint density at radius 2 is 2.00 bits per heavy atom. The molecule has 7 heteroatoms. The maximum atomic E-state index is 11.4. The highest BCUT2D eigenvalue weighted by molar-refractivity contribution is 7.89. The average Bonchev–Trinajstić information content (AvgIpc) is 2.29. The third kappa shape index (κ3) is 4.09. The minimum Gasteiger partial charge on any atom is -0.397 e. The lowest BCUT2D eigenvalue weighted by molar-refractivity contribution is 0.204. The number of anilines is 2. The van der Waals surface area contributed by atoms with E-state index in [2.05, 4.69) is 0 Å². The summed E-state index contributed by atoms with van der Waals surface area (Å²) in [4.78, 5) is 2.04. The smallest absolute Gasteiger partial charge is 0.238 e. The predicted octanol–water partition coefficient (Wildman–Crippen LogP) is 0.777. The van der Waals surface area contributed by atoms with Crippen molar-refractivity contribution in [2.24, 2.45) is 5.14 Å².